The number of unbranched alkanes of at least 4 members (excludes halogenated alkanes) is 8. The third-order valence-electron chi connectivity index (χ3n) is 9.59. The lowest BCUT2D eigenvalue weighted by Gasteiger charge is -2.13. The quantitative estimate of drug-likeness (QED) is 0.0184. The average Bonchev–Trinajstić information content (AvgIpc) is 3.24. The topological polar surface area (TPSA) is 173 Å². The second-order valence-corrected chi connectivity index (χ2v) is 14.3. The van der Waals surface area contributed by atoms with Gasteiger partial charge in [-0.1, -0.05) is 102 Å². The Morgan fingerprint density at radius 1 is 0.417 bits per heavy atom. The molecule has 4 aromatic carbocycles. The number of rotatable bonds is 22. The first kappa shape index (κ1) is 46.1. The van der Waals surface area contributed by atoms with Crippen molar-refractivity contribution in [3.63, 3.8) is 0 Å². The van der Waals surface area contributed by atoms with Crippen LogP contribution in [0.15, 0.2) is 84.9 Å². The van der Waals surface area contributed by atoms with Crippen LogP contribution in [0.2, 0.25) is 0 Å². The van der Waals surface area contributed by atoms with Crippen molar-refractivity contribution < 1.29 is 57.6 Å². The van der Waals surface area contributed by atoms with Crippen LogP contribution in [-0.2, 0) is 19.4 Å². The van der Waals surface area contributed by atoms with Gasteiger partial charge in [-0.3, -0.25) is 28.8 Å². The molecule has 60 heavy (non-hydrogen) atoms. The van der Waals surface area contributed by atoms with Crippen LogP contribution in [0.1, 0.15) is 178 Å². The summed E-state index contributed by atoms with van der Waals surface area (Å²) < 4.78 is 10.6. The van der Waals surface area contributed by atoms with Gasteiger partial charge in [0.05, 0.1) is 22.3 Å². The summed E-state index contributed by atoms with van der Waals surface area (Å²) in [6.45, 7) is 6.50. The van der Waals surface area contributed by atoms with E-state index in [1.807, 2.05) is 0 Å². The Labute approximate surface area is 349 Å². The van der Waals surface area contributed by atoms with E-state index in [1.165, 1.54) is 84.9 Å². The summed E-state index contributed by atoms with van der Waals surface area (Å²) in [5, 5.41) is 0. The fraction of sp³-hybridized carbons (Fsp3) is 0.333. The zero-order valence-electron chi connectivity index (χ0n) is 34.5. The van der Waals surface area contributed by atoms with Crippen LogP contribution in [0.4, 0.5) is 0 Å². The van der Waals surface area contributed by atoms with E-state index in [4.69, 9.17) is 19.2 Å². The second-order valence-electron chi connectivity index (χ2n) is 14.3. The Morgan fingerprint density at radius 2 is 0.767 bits per heavy atom. The lowest BCUT2D eigenvalue weighted by molar-refractivity contribution is -0.187. The van der Waals surface area contributed by atoms with E-state index in [0.717, 1.165) is 65.2 Å². The van der Waals surface area contributed by atoms with Gasteiger partial charge in [0, 0.05) is 48.9 Å². The van der Waals surface area contributed by atoms with Crippen molar-refractivity contribution in [2.75, 3.05) is 0 Å². The number of ketones is 4. The molecule has 0 aliphatic heterocycles. The normalized spacial score (nSPS) is 10.7. The highest BCUT2D eigenvalue weighted by Crippen LogP contribution is 2.29. The lowest BCUT2D eigenvalue weighted by atomic mass is 9.94. The number of Topliss-reactive ketones (excluding diaryl/α,β-unsaturated/α-hetero) is 2. The van der Waals surface area contributed by atoms with Crippen LogP contribution in [-0.4, -0.2) is 47.0 Å². The monoisotopic (exact) mass is 818 g/mol. The smallest absolute Gasteiger partial charge is 0.387 e. The predicted molar refractivity (Wildman–Crippen MR) is 221 cm³/mol. The molecule has 0 fully saturated rings. The third-order valence-corrected chi connectivity index (χ3v) is 9.59. The number of benzene rings is 4. The van der Waals surface area contributed by atoms with Gasteiger partial charge in [-0.2, -0.15) is 0 Å². The lowest BCUT2D eigenvalue weighted by Crippen LogP contribution is -2.18. The zero-order chi connectivity index (χ0) is 43.6. The molecule has 0 atom stereocenters. The van der Waals surface area contributed by atoms with E-state index in [0.29, 0.717) is 12.8 Å². The highest BCUT2D eigenvalue weighted by atomic mass is 17.2. The zero-order valence-corrected chi connectivity index (χ0v) is 34.5. The molecule has 0 aliphatic carbocycles. The molecule has 0 N–H and O–H groups in total. The molecule has 0 unspecified atom stereocenters. The molecule has 12 nitrogen and oxygen atoms in total. The van der Waals surface area contributed by atoms with Crippen molar-refractivity contribution in [1.82, 2.24) is 0 Å². The second kappa shape index (κ2) is 23.1. The number of hydrogen-bond donors (Lipinski definition) is 0. The van der Waals surface area contributed by atoms with Crippen molar-refractivity contribution in [2.24, 2.45) is 0 Å². The summed E-state index contributed by atoms with van der Waals surface area (Å²) >= 11 is 0. The highest BCUT2D eigenvalue weighted by molar-refractivity contribution is 6.18. The Balaban J connectivity index is 1.56. The molecule has 0 aromatic heterocycles. The van der Waals surface area contributed by atoms with E-state index in [-0.39, 0.29) is 80.4 Å². The number of carbonyl (C=O) groups excluding carboxylic acids is 8. The van der Waals surface area contributed by atoms with Gasteiger partial charge < -0.3 is 9.47 Å². The molecular weight excluding hydrogens is 769 g/mol. The molecule has 0 amide bonds. The Morgan fingerprint density at radius 3 is 1.12 bits per heavy atom. The van der Waals surface area contributed by atoms with Crippen LogP contribution in [0.5, 0.6) is 11.5 Å². The van der Waals surface area contributed by atoms with Crippen LogP contribution < -0.4 is 9.47 Å². The van der Waals surface area contributed by atoms with E-state index in [9.17, 15) is 38.4 Å². The largest absolute Gasteiger partial charge is 0.426 e. The van der Waals surface area contributed by atoms with Gasteiger partial charge in [-0.15, -0.1) is 0 Å². The number of hydrogen-bond acceptors (Lipinski definition) is 12. The molecule has 0 saturated carbocycles. The molecular formula is C48H50O12. The molecule has 4 rings (SSSR count). The van der Waals surface area contributed by atoms with E-state index in [2.05, 4.69) is 13.8 Å². The molecule has 0 bridgehead atoms. The number of ether oxygens (including phenoxy) is 2. The van der Waals surface area contributed by atoms with Crippen LogP contribution in [0, 0.1) is 0 Å². The first-order valence-electron chi connectivity index (χ1n) is 20.3. The summed E-state index contributed by atoms with van der Waals surface area (Å²) in [4.78, 5) is 115. The molecule has 0 aliphatic rings. The highest BCUT2D eigenvalue weighted by Gasteiger charge is 2.28. The molecule has 0 heterocycles. The predicted octanol–water partition coefficient (Wildman–Crippen LogP) is 10.0. The molecule has 0 spiro atoms. The van der Waals surface area contributed by atoms with Crippen molar-refractivity contribution in [2.45, 2.75) is 105 Å². The van der Waals surface area contributed by atoms with Crippen molar-refractivity contribution in [1.29, 1.82) is 0 Å². The van der Waals surface area contributed by atoms with Crippen LogP contribution in [0.25, 0.3) is 0 Å². The summed E-state index contributed by atoms with van der Waals surface area (Å²) in [6.07, 6.45) is 9.86. The van der Waals surface area contributed by atoms with Gasteiger partial charge >= 0.3 is 23.9 Å². The molecule has 4 aromatic rings. The standard InChI is InChI=1S/C48H50O12/c1-5-7-9-11-13-23-41(51)33-25-27-43(57-31(3)49)39(29-33)45(53)35-19-15-17-21-37(35)47(55)59-60-48(56)38-22-18-16-20-36(38)46(54)40-30-34(26-28-44(40)58-32(4)50)42(52)24-14-12-10-8-6-2/h15-22,25-30H,5-14,23-24H2,1-4H3. The van der Waals surface area contributed by atoms with E-state index in [1.54, 1.807) is 0 Å². The molecule has 314 valence electrons. The van der Waals surface area contributed by atoms with E-state index >= 15 is 0 Å². The maximum atomic E-state index is 14.0. The molecule has 0 saturated heterocycles. The number of esters is 2. The number of carbonyl (C=O) groups is 8. The van der Waals surface area contributed by atoms with Gasteiger partial charge in [-0.05, 0) is 61.4 Å². The summed E-state index contributed by atoms with van der Waals surface area (Å²) in [5.41, 5.74) is -0.917. The van der Waals surface area contributed by atoms with Crippen LogP contribution in [0.3, 0.4) is 0 Å². The van der Waals surface area contributed by atoms with Gasteiger partial charge in [0.25, 0.3) is 0 Å². The van der Waals surface area contributed by atoms with Gasteiger partial charge in [0.1, 0.15) is 11.5 Å². The fourth-order valence-corrected chi connectivity index (χ4v) is 6.49. The van der Waals surface area contributed by atoms with Crippen LogP contribution >= 0.6 is 0 Å². The minimum absolute atomic E-state index is 0.128. The van der Waals surface area contributed by atoms with E-state index < -0.39 is 35.4 Å². The van der Waals surface area contributed by atoms with Crippen molar-refractivity contribution in [3.8, 4) is 11.5 Å². The summed E-state index contributed by atoms with van der Waals surface area (Å²) in [6, 6.07) is 19.3. The fourth-order valence-electron chi connectivity index (χ4n) is 6.49. The van der Waals surface area contributed by atoms with Crippen molar-refractivity contribution >= 4 is 47.0 Å². The Bertz CT molecular complexity index is 2080. The third kappa shape index (κ3) is 13.0. The first-order valence-corrected chi connectivity index (χ1v) is 20.3. The maximum Gasteiger partial charge on any atom is 0.387 e. The van der Waals surface area contributed by atoms with Gasteiger partial charge in [0.2, 0.25) is 0 Å². The average molecular weight is 819 g/mol. The minimum atomic E-state index is -1.25. The molecule has 0 radical (unpaired) electrons. The minimum Gasteiger partial charge on any atom is -0.426 e. The maximum absolute atomic E-state index is 14.0. The first-order chi connectivity index (χ1) is 28.9. The summed E-state index contributed by atoms with van der Waals surface area (Å²) in [7, 11) is 0. The van der Waals surface area contributed by atoms with Gasteiger partial charge in [0.15, 0.2) is 23.1 Å². The Hall–Kier alpha value is -6.56. The summed E-state index contributed by atoms with van der Waals surface area (Å²) in [5.74, 6) is -6.14. The van der Waals surface area contributed by atoms with Crippen molar-refractivity contribution in [3.05, 3.63) is 129 Å². The van der Waals surface area contributed by atoms with Gasteiger partial charge in [-0.25, -0.2) is 19.4 Å². The molecule has 12 heteroatoms. The Kier molecular flexibility index (Phi) is 17.8. The SMILES string of the molecule is CCCCCCCC(=O)c1ccc(OC(C)=O)c(C(=O)c2ccccc2C(=O)OOC(=O)c2ccccc2C(=O)c2cc(C(=O)CCCCCCC)ccc2OC(C)=O)c1.